The van der Waals surface area contributed by atoms with Crippen molar-refractivity contribution in [1.29, 1.82) is 0 Å². The molecule has 1 saturated heterocycles. The molecule has 1 fully saturated rings. The summed E-state index contributed by atoms with van der Waals surface area (Å²) in [6.45, 7) is 1.19. The Kier molecular flexibility index (Phi) is 6.42. The topological polar surface area (TPSA) is 96.4 Å². The molecule has 0 radical (unpaired) electrons. The molecule has 0 aliphatic carbocycles. The number of urea groups is 1. The standard InChI is InChI=1S/C22H23N5O3S/c1-30-18-12-6-5-11-17(18)24-22(29)27-13-7-8-15(14-27)20-25-26-21(31-20)19(28)23-16-9-3-2-4-10-16/h2-6,9-12,15H,7-8,13-14H2,1H3,(H,23,28)(H,24,29)/t15-/m0/s1. The van der Waals surface area contributed by atoms with E-state index in [-0.39, 0.29) is 17.9 Å². The first-order valence-electron chi connectivity index (χ1n) is 10.0. The van der Waals surface area contributed by atoms with Crippen molar-refractivity contribution in [3.63, 3.8) is 0 Å². The van der Waals surface area contributed by atoms with E-state index in [1.54, 1.807) is 24.1 Å². The van der Waals surface area contributed by atoms with Crippen LogP contribution in [0.25, 0.3) is 0 Å². The molecule has 3 aromatic rings. The minimum atomic E-state index is -0.281. The zero-order valence-electron chi connectivity index (χ0n) is 17.1. The number of carbonyl (C=O) groups is 2. The van der Waals surface area contributed by atoms with Crippen molar-refractivity contribution >= 4 is 34.6 Å². The third kappa shape index (κ3) is 5.00. The van der Waals surface area contributed by atoms with Gasteiger partial charge in [-0.1, -0.05) is 41.7 Å². The summed E-state index contributed by atoms with van der Waals surface area (Å²) >= 11 is 1.28. The number of para-hydroxylation sites is 3. The third-order valence-electron chi connectivity index (χ3n) is 5.07. The van der Waals surface area contributed by atoms with Crippen LogP contribution in [-0.2, 0) is 0 Å². The minimum Gasteiger partial charge on any atom is -0.495 e. The lowest BCUT2D eigenvalue weighted by Crippen LogP contribution is -2.41. The van der Waals surface area contributed by atoms with E-state index in [0.717, 1.165) is 17.8 Å². The van der Waals surface area contributed by atoms with E-state index >= 15 is 0 Å². The molecule has 4 rings (SSSR count). The molecule has 31 heavy (non-hydrogen) atoms. The van der Waals surface area contributed by atoms with E-state index in [1.165, 1.54) is 11.3 Å². The van der Waals surface area contributed by atoms with Gasteiger partial charge in [0.1, 0.15) is 10.8 Å². The van der Waals surface area contributed by atoms with Gasteiger partial charge in [-0.2, -0.15) is 0 Å². The van der Waals surface area contributed by atoms with Crippen molar-refractivity contribution in [1.82, 2.24) is 15.1 Å². The minimum absolute atomic E-state index is 0.0490. The fourth-order valence-electron chi connectivity index (χ4n) is 3.50. The summed E-state index contributed by atoms with van der Waals surface area (Å²) in [6, 6.07) is 16.4. The van der Waals surface area contributed by atoms with Crippen LogP contribution in [0.5, 0.6) is 5.75 Å². The molecule has 1 aliphatic rings. The molecule has 1 aliphatic heterocycles. The Morgan fingerprint density at radius 2 is 1.84 bits per heavy atom. The summed E-state index contributed by atoms with van der Waals surface area (Å²) in [6.07, 6.45) is 1.75. The molecule has 2 N–H and O–H groups in total. The van der Waals surface area contributed by atoms with Crippen molar-refractivity contribution in [3.8, 4) is 5.75 Å². The first-order chi connectivity index (χ1) is 15.1. The van der Waals surface area contributed by atoms with E-state index in [2.05, 4.69) is 20.8 Å². The number of methoxy groups -OCH3 is 1. The number of piperidine rings is 1. The molecule has 0 spiro atoms. The lowest BCUT2D eigenvalue weighted by molar-refractivity contribution is 0.102. The molecule has 2 aromatic carbocycles. The zero-order valence-corrected chi connectivity index (χ0v) is 17.9. The zero-order chi connectivity index (χ0) is 21.6. The van der Waals surface area contributed by atoms with Crippen LogP contribution in [0.15, 0.2) is 54.6 Å². The van der Waals surface area contributed by atoms with E-state index in [4.69, 9.17) is 4.74 Å². The Hall–Kier alpha value is -3.46. The van der Waals surface area contributed by atoms with Gasteiger partial charge in [-0.3, -0.25) is 4.79 Å². The number of carbonyl (C=O) groups excluding carboxylic acids is 2. The summed E-state index contributed by atoms with van der Waals surface area (Å²) in [5, 5.41) is 15.1. The monoisotopic (exact) mass is 437 g/mol. The fourth-order valence-corrected chi connectivity index (χ4v) is 4.37. The van der Waals surface area contributed by atoms with Gasteiger partial charge in [-0.25, -0.2) is 4.79 Å². The van der Waals surface area contributed by atoms with Crippen LogP contribution in [-0.4, -0.2) is 47.2 Å². The molecule has 0 saturated carbocycles. The maximum atomic E-state index is 12.8. The normalized spacial score (nSPS) is 15.9. The highest BCUT2D eigenvalue weighted by Gasteiger charge is 2.28. The fraction of sp³-hybridized carbons (Fsp3) is 0.273. The van der Waals surface area contributed by atoms with Crippen LogP contribution in [0.4, 0.5) is 16.2 Å². The average molecular weight is 438 g/mol. The molecule has 2 heterocycles. The number of ether oxygens (including phenoxy) is 1. The number of likely N-dealkylation sites (tertiary alicyclic amines) is 1. The van der Waals surface area contributed by atoms with Gasteiger partial charge in [-0.05, 0) is 37.1 Å². The van der Waals surface area contributed by atoms with Crippen LogP contribution in [0.3, 0.4) is 0 Å². The lowest BCUT2D eigenvalue weighted by atomic mass is 9.99. The Labute approximate surface area is 184 Å². The van der Waals surface area contributed by atoms with Crippen LogP contribution in [0.2, 0.25) is 0 Å². The van der Waals surface area contributed by atoms with Crippen LogP contribution in [0.1, 0.15) is 33.6 Å². The number of anilines is 2. The first kappa shape index (κ1) is 20.8. The van der Waals surface area contributed by atoms with Crippen LogP contribution in [0, 0.1) is 0 Å². The third-order valence-corrected chi connectivity index (χ3v) is 6.16. The Morgan fingerprint density at radius 1 is 1.06 bits per heavy atom. The predicted molar refractivity (Wildman–Crippen MR) is 120 cm³/mol. The maximum absolute atomic E-state index is 12.8. The van der Waals surface area contributed by atoms with Gasteiger partial charge in [0.05, 0.1) is 12.8 Å². The van der Waals surface area contributed by atoms with Gasteiger partial charge in [0, 0.05) is 24.7 Å². The average Bonchev–Trinajstić information content (AvgIpc) is 3.31. The molecular formula is C22H23N5O3S. The van der Waals surface area contributed by atoms with Crippen molar-refractivity contribution < 1.29 is 14.3 Å². The number of amides is 3. The lowest BCUT2D eigenvalue weighted by Gasteiger charge is -2.31. The summed E-state index contributed by atoms with van der Waals surface area (Å²) in [7, 11) is 1.57. The Balaban J connectivity index is 1.39. The highest BCUT2D eigenvalue weighted by molar-refractivity contribution is 7.13. The van der Waals surface area contributed by atoms with E-state index in [9.17, 15) is 9.59 Å². The summed E-state index contributed by atoms with van der Waals surface area (Å²) in [4.78, 5) is 27.0. The molecule has 8 nitrogen and oxygen atoms in total. The number of rotatable bonds is 5. The molecule has 3 amide bonds. The molecular weight excluding hydrogens is 414 g/mol. The first-order valence-corrected chi connectivity index (χ1v) is 10.8. The summed E-state index contributed by atoms with van der Waals surface area (Å²) in [5.74, 6) is 0.382. The van der Waals surface area contributed by atoms with Crippen molar-refractivity contribution in [2.45, 2.75) is 18.8 Å². The molecule has 0 bridgehead atoms. The molecule has 160 valence electrons. The van der Waals surface area contributed by atoms with Gasteiger partial charge in [0.2, 0.25) is 5.01 Å². The number of aromatic nitrogens is 2. The second-order valence-electron chi connectivity index (χ2n) is 7.18. The SMILES string of the molecule is COc1ccccc1NC(=O)N1CCC[C@H](c2nnc(C(=O)Nc3ccccc3)s2)C1. The smallest absolute Gasteiger partial charge is 0.321 e. The van der Waals surface area contributed by atoms with Gasteiger partial charge >= 0.3 is 6.03 Å². The second kappa shape index (κ2) is 9.57. The van der Waals surface area contributed by atoms with Gasteiger partial charge in [0.25, 0.3) is 5.91 Å². The maximum Gasteiger partial charge on any atom is 0.321 e. The van der Waals surface area contributed by atoms with Crippen molar-refractivity contribution in [2.24, 2.45) is 0 Å². The number of nitrogens with one attached hydrogen (secondary N) is 2. The second-order valence-corrected chi connectivity index (χ2v) is 8.19. The van der Waals surface area contributed by atoms with E-state index in [1.807, 2.05) is 42.5 Å². The molecule has 9 heteroatoms. The Bertz CT molecular complexity index is 1060. The van der Waals surface area contributed by atoms with E-state index < -0.39 is 0 Å². The predicted octanol–water partition coefficient (Wildman–Crippen LogP) is 4.21. The van der Waals surface area contributed by atoms with Crippen molar-refractivity contribution in [2.75, 3.05) is 30.8 Å². The highest BCUT2D eigenvalue weighted by Crippen LogP contribution is 2.30. The van der Waals surface area contributed by atoms with Gasteiger partial charge in [0.15, 0.2) is 0 Å². The summed E-state index contributed by atoms with van der Waals surface area (Å²) < 4.78 is 5.30. The van der Waals surface area contributed by atoms with Crippen LogP contribution >= 0.6 is 11.3 Å². The van der Waals surface area contributed by atoms with Gasteiger partial charge in [-0.15, -0.1) is 10.2 Å². The van der Waals surface area contributed by atoms with Crippen molar-refractivity contribution in [3.05, 3.63) is 64.6 Å². The number of benzene rings is 2. The van der Waals surface area contributed by atoms with E-state index in [0.29, 0.717) is 35.2 Å². The number of hydrogen-bond donors (Lipinski definition) is 2. The number of hydrogen-bond acceptors (Lipinski definition) is 6. The summed E-state index contributed by atoms with van der Waals surface area (Å²) in [5.41, 5.74) is 1.34. The molecule has 1 aromatic heterocycles. The number of nitrogens with zero attached hydrogens (tertiary/aromatic N) is 3. The quantitative estimate of drug-likeness (QED) is 0.623. The van der Waals surface area contributed by atoms with Gasteiger partial charge < -0.3 is 20.3 Å². The van der Waals surface area contributed by atoms with Crippen LogP contribution < -0.4 is 15.4 Å². The largest absolute Gasteiger partial charge is 0.495 e. The molecule has 0 unspecified atom stereocenters. The molecule has 1 atom stereocenters. The Morgan fingerprint density at radius 3 is 2.65 bits per heavy atom. The highest BCUT2D eigenvalue weighted by atomic mass is 32.1.